The summed E-state index contributed by atoms with van der Waals surface area (Å²) in [4.78, 5) is 41.4. The van der Waals surface area contributed by atoms with Crippen LogP contribution in [-0.4, -0.2) is 65.6 Å². The molecule has 1 spiro atoms. The van der Waals surface area contributed by atoms with E-state index < -0.39 is 17.6 Å². The summed E-state index contributed by atoms with van der Waals surface area (Å²) in [7, 11) is 0. The monoisotopic (exact) mass is 766 g/mol. The smallest absolute Gasteiger partial charge is 0.405 e. The van der Waals surface area contributed by atoms with Crippen LogP contribution in [0.15, 0.2) is 96.7 Å². The van der Waals surface area contributed by atoms with Crippen molar-refractivity contribution in [1.29, 1.82) is 0 Å². The van der Waals surface area contributed by atoms with Crippen LogP contribution in [0.2, 0.25) is 0 Å². The number of benzene rings is 3. The van der Waals surface area contributed by atoms with Crippen LogP contribution in [0.25, 0.3) is 32.2 Å². The Bertz CT molecular complexity index is 2260. The standard InChI is InChI=1S/C42H41F3N6O3S/c1-2-34(50-24-41(25-50)16-20-54-21-17-41)31(6-5-18-46)39(52)47-29-12-9-26(10-13-29)40(53)51-19-15-27-22-36(38-48-32-7-3-4-8-33(32)49-38)55-37(27)30-14-11-28(23-35(30)51)42(43,44)45/h3-14,18,22-23,34H,2,15-17,19-21,24-25,46H2,1H3,(H,47,52)(H,48,49)/b18-5-,31-6+. The molecule has 1 unspecified atom stereocenters. The highest BCUT2D eigenvalue weighted by atomic mass is 32.1. The first-order valence-electron chi connectivity index (χ1n) is 18.5. The van der Waals surface area contributed by atoms with Gasteiger partial charge in [-0.25, -0.2) is 4.98 Å². The number of thiophene rings is 1. The number of hydrogen-bond donors (Lipinski definition) is 3. The first-order chi connectivity index (χ1) is 26.6. The number of carbonyl (C=O) groups is 2. The first-order valence-corrected chi connectivity index (χ1v) is 19.3. The maximum Gasteiger partial charge on any atom is 0.416 e. The zero-order valence-corrected chi connectivity index (χ0v) is 31.1. The molecule has 4 N–H and O–H groups in total. The first kappa shape index (κ1) is 36.7. The molecule has 5 aromatic rings. The summed E-state index contributed by atoms with van der Waals surface area (Å²) in [6.45, 7) is 5.57. The van der Waals surface area contributed by atoms with Gasteiger partial charge in [-0.05, 0) is 98.1 Å². The Balaban J connectivity index is 1.03. The number of nitrogens with zero attached hydrogens (tertiary/aromatic N) is 3. The molecule has 0 saturated carbocycles. The van der Waals surface area contributed by atoms with Crippen molar-refractivity contribution in [3.05, 3.63) is 113 Å². The Morgan fingerprint density at radius 1 is 1.07 bits per heavy atom. The third kappa shape index (κ3) is 7.19. The highest BCUT2D eigenvalue weighted by Crippen LogP contribution is 2.46. The zero-order chi connectivity index (χ0) is 38.3. The Labute approximate surface area is 320 Å². The lowest BCUT2D eigenvalue weighted by atomic mass is 9.72. The second-order valence-electron chi connectivity index (χ2n) is 14.5. The van der Waals surface area contributed by atoms with Crippen molar-refractivity contribution in [2.24, 2.45) is 11.1 Å². The number of fused-ring (bicyclic) bond motifs is 4. The summed E-state index contributed by atoms with van der Waals surface area (Å²) in [5.41, 5.74) is 9.80. The van der Waals surface area contributed by atoms with Crippen LogP contribution < -0.4 is 16.0 Å². The van der Waals surface area contributed by atoms with Crippen molar-refractivity contribution in [2.75, 3.05) is 43.1 Å². The fourth-order valence-corrected chi connectivity index (χ4v) is 9.29. The number of nitrogens with two attached hydrogens (primary N) is 1. The number of nitrogens with one attached hydrogen (secondary N) is 2. The number of aromatic amines is 1. The maximum atomic E-state index is 14.2. The molecule has 0 bridgehead atoms. The van der Waals surface area contributed by atoms with Gasteiger partial charge >= 0.3 is 6.18 Å². The molecule has 3 aliphatic heterocycles. The minimum absolute atomic E-state index is 0.103. The number of amides is 2. The van der Waals surface area contributed by atoms with Gasteiger partial charge in [0.05, 0.1) is 27.2 Å². The van der Waals surface area contributed by atoms with Gasteiger partial charge in [0.25, 0.3) is 11.8 Å². The lowest BCUT2D eigenvalue weighted by Crippen LogP contribution is -2.62. The molecule has 9 nitrogen and oxygen atoms in total. The van der Waals surface area contributed by atoms with Gasteiger partial charge in [-0.2, -0.15) is 13.2 Å². The number of para-hydroxylation sites is 2. The fourth-order valence-electron chi connectivity index (χ4n) is 8.10. The van der Waals surface area contributed by atoms with Crippen LogP contribution in [0.4, 0.5) is 24.5 Å². The number of likely N-dealkylation sites (tertiary alicyclic amines) is 1. The SMILES string of the molecule is CCC(/C(=C\C=C/N)C(=O)Nc1ccc(C(=O)N2CCc3cc(-c4nc5ccccc5[nH]4)sc3-c3ccc(C(F)(F)F)cc32)cc1)N1CC2(CCOCC2)C1. The molecule has 2 aromatic heterocycles. The Morgan fingerprint density at radius 2 is 1.84 bits per heavy atom. The number of anilines is 2. The largest absolute Gasteiger partial charge is 0.416 e. The van der Waals surface area contributed by atoms with Crippen molar-refractivity contribution < 1.29 is 27.5 Å². The van der Waals surface area contributed by atoms with Crippen LogP contribution >= 0.6 is 11.3 Å². The normalized spacial score (nSPS) is 17.8. The molecular weight excluding hydrogens is 726 g/mol. The van der Waals surface area contributed by atoms with E-state index in [-0.39, 0.29) is 35.2 Å². The molecule has 2 saturated heterocycles. The Hall–Kier alpha value is -5.24. The lowest BCUT2D eigenvalue weighted by Gasteiger charge is -2.55. The van der Waals surface area contributed by atoms with Crippen LogP contribution in [0.5, 0.6) is 0 Å². The number of allylic oxidation sites excluding steroid dienone is 2. The van der Waals surface area contributed by atoms with Gasteiger partial charge in [-0.3, -0.25) is 14.5 Å². The van der Waals surface area contributed by atoms with Crippen molar-refractivity contribution >= 4 is 45.6 Å². The third-order valence-corrected chi connectivity index (χ3v) is 12.2. The van der Waals surface area contributed by atoms with E-state index in [4.69, 9.17) is 15.5 Å². The lowest BCUT2D eigenvalue weighted by molar-refractivity contribution is -0.137. The molecular formula is C42H41F3N6O3S. The number of rotatable bonds is 8. The molecule has 284 valence electrons. The van der Waals surface area contributed by atoms with Crippen molar-refractivity contribution in [3.63, 3.8) is 0 Å². The minimum Gasteiger partial charge on any atom is -0.405 e. The second kappa shape index (κ2) is 14.8. The number of carbonyl (C=O) groups excluding carboxylic acids is 2. The molecule has 5 heterocycles. The van der Waals surface area contributed by atoms with Gasteiger partial charge in [0.1, 0.15) is 5.82 Å². The summed E-state index contributed by atoms with van der Waals surface area (Å²) in [5, 5.41) is 2.99. The average molecular weight is 767 g/mol. The van der Waals surface area contributed by atoms with Crippen LogP contribution in [0.1, 0.15) is 47.7 Å². The predicted octanol–water partition coefficient (Wildman–Crippen LogP) is 8.41. The number of H-pyrrole nitrogens is 1. The van der Waals surface area contributed by atoms with Crippen LogP contribution in [-0.2, 0) is 22.1 Å². The molecule has 3 aromatic carbocycles. The third-order valence-electron chi connectivity index (χ3n) is 11.0. The summed E-state index contributed by atoms with van der Waals surface area (Å²) in [6, 6.07) is 19.6. The molecule has 2 amide bonds. The Kier molecular flexibility index (Phi) is 9.87. The number of aromatic nitrogens is 2. The van der Waals surface area contributed by atoms with E-state index in [2.05, 4.69) is 22.1 Å². The van der Waals surface area contributed by atoms with Crippen molar-refractivity contribution in [3.8, 4) is 21.1 Å². The number of hydrogen-bond acceptors (Lipinski definition) is 7. The van der Waals surface area contributed by atoms with Gasteiger partial charge < -0.3 is 25.7 Å². The van der Waals surface area contributed by atoms with E-state index >= 15 is 0 Å². The molecule has 0 aliphatic carbocycles. The summed E-state index contributed by atoms with van der Waals surface area (Å²) >= 11 is 1.44. The van der Waals surface area contributed by atoms with Gasteiger partial charge in [0, 0.05) is 71.6 Å². The average Bonchev–Trinajstić information content (AvgIpc) is 3.77. The predicted molar refractivity (Wildman–Crippen MR) is 210 cm³/mol. The van der Waals surface area contributed by atoms with Gasteiger partial charge in [0.2, 0.25) is 0 Å². The topological polar surface area (TPSA) is 117 Å². The van der Waals surface area contributed by atoms with Crippen LogP contribution in [0.3, 0.4) is 0 Å². The fraction of sp³-hybridized carbons (Fsp3) is 0.310. The van der Waals surface area contributed by atoms with Crippen LogP contribution in [0, 0.1) is 5.41 Å². The summed E-state index contributed by atoms with van der Waals surface area (Å²) in [5.74, 6) is -0.0302. The highest BCUT2D eigenvalue weighted by molar-refractivity contribution is 7.19. The van der Waals surface area contributed by atoms with Gasteiger partial charge in [0.15, 0.2) is 0 Å². The zero-order valence-electron chi connectivity index (χ0n) is 30.3. The quantitative estimate of drug-likeness (QED) is 0.108. The van der Waals surface area contributed by atoms with Gasteiger partial charge in [-0.1, -0.05) is 31.2 Å². The van der Waals surface area contributed by atoms with E-state index in [9.17, 15) is 22.8 Å². The van der Waals surface area contributed by atoms with Crippen molar-refractivity contribution in [2.45, 2.75) is 44.8 Å². The van der Waals surface area contributed by atoms with E-state index in [1.807, 2.05) is 30.3 Å². The number of halogens is 3. The maximum absolute atomic E-state index is 14.2. The number of alkyl halides is 3. The molecule has 1 atom stereocenters. The molecule has 0 radical (unpaired) electrons. The van der Waals surface area contributed by atoms with Gasteiger partial charge in [-0.15, -0.1) is 11.3 Å². The van der Waals surface area contributed by atoms with E-state index in [0.717, 1.165) is 84.0 Å². The second-order valence-corrected chi connectivity index (χ2v) is 15.5. The molecule has 13 heteroatoms. The molecule has 55 heavy (non-hydrogen) atoms. The highest BCUT2D eigenvalue weighted by Gasteiger charge is 2.47. The summed E-state index contributed by atoms with van der Waals surface area (Å²) < 4.78 is 47.8. The summed E-state index contributed by atoms with van der Waals surface area (Å²) in [6.07, 6.45) is 3.41. The van der Waals surface area contributed by atoms with Crippen molar-refractivity contribution in [1.82, 2.24) is 14.9 Å². The molecule has 3 aliphatic rings. The number of imidazole rings is 1. The van der Waals surface area contributed by atoms with E-state index in [0.29, 0.717) is 29.1 Å². The Morgan fingerprint density at radius 3 is 2.55 bits per heavy atom. The number of ether oxygens (including phenoxy) is 1. The minimum atomic E-state index is -4.60. The van der Waals surface area contributed by atoms with E-state index in [1.54, 1.807) is 36.4 Å². The molecule has 8 rings (SSSR count). The van der Waals surface area contributed by atoms with E-state index in [1.165, 1.54) is 28.5 Å². The molecule has 2 fully saturated rings.